The van der Waals surface area contributed by atoms with Gasteiger partial charge in [-0.25, -0.2) is 0 Å². The van der Waals surface area contributed by atoms with Gasteiger partial charge >= 0.3 is 0 Å². The van der Waals surface area contributed by atoms with Crippen LogP contribution in [0.25, 0.3) is 0 Å². The molecule has 0 amide bonds. The molecule has 0 bridgehead atoms. The highest BCUT2D eigenvalue weighted by Gasteiger charge is 2.21. The Hall–Kier alpha value is -1.80. The van der Waals surface area contributed by atoms with Gasteiger partial charge in [-0.1, -0.05) is 50.2 Å². The van der Waals surface area contributed by atoms with E-state index in [9.17, 15) is 0 Å². The molecule has 3 rings (SSSR count). The van der Waals surface area contributed by atoms with E-state index >= 15 is 0 Å². The van der Waals surface area contributed by atoms with Gasteiger partial charge < -0.3 is 9.80 Å². The van der Waals surface area contributed by atoms with Crippen LogP contribution < -0.4 is 4.90 Å². The van der Waals surface area contributed by atoms with E-state index in [4.69, 9.17) is 0 Å². The van der Waals surface area contributed by atoms with E-state index in [1.54, 1.807) is 0 Å². The molecule has 2 aromatic carbocycles. The van der Waals surface area contributed by atoms with Crippen LogP contribution in [0.2, 0.25) is 0 Å². The van der Waals surface area contributed by atoms with E-state index in [2.05, 4.69) is 72.2 Å². The minimum atomic E-state index is 1.05. The zero-order chi connectivity index (χ0) is 15.4. The third-order valence-corrected chi connectivity index (χ3v) is 4.70. The Morgan fingerprint density at radius 2 is 1.41 bits per heavy atom. The van der Waals surface area contributed by atoms with Crippen LogP contribution in [0, 0.1) is 0 Å². The first kappa shape index (κ1) is 15.1. The molecule has 0 radical (unpaired) electrons. The Kier molecular flexibility index (Phi) is 4.79. The van der Waals surface area contributed by atoms with Gasteiger partial charge in [0.1, 0.15) is 0 Å². The lowest BCUT2D eigenvalue weighted by atomic mass is 9.95. The third kappa shape index (κ3) is 3.02. The third-order valence-electron chi connectivity index (χ3n) is 4.70. The van der Waals surface area contributed by atoms with Gasteiger partial charge in [0.2, 0.25) is 0 Å². The van der Waals surface area contributed by atoms with Crippen LogP contribution in [0.3, 0.4) is 0 Å². The van der Waals surface area contributed by atoms with Gasteiger partial charge in [-0.15, -0.1) is 0 Å². The topological polar surface area (TPSA) is 6.48 Å². The maximum atomic E-state index is 2.51. The van der Waals surface area contributed by atoms with Crippen molar-refractivity contribution in [3.8, 4) is 0 Å². The lowest BCUT2D eigenvalue weighted by molar-refractivity contribution is 0.301. The standard InChI is InChI=1S/C20H26N2/c1-3-21(4-2)14-9-15-22-19-12-7-5-10-17(19)16-18-11-6-8-13-20(18)22/h5-8,10-13H,3-4,9,14-16H2,1-2H3. The van der Waals surface area contributed by atoms with Crippen LogP contribution in [0.15, 0.2) is 48.5 Å². The molecule has 22 heavy (non-hydrogen) atoms. The van der Waals surface area contributed by atoms with Crippen LogP contribution in [0.5, 0.6) is 0 Å². The van der Waals surface area contributed by atoms with Crippen molar-refractivity contribution in [3.05, 3.63) is 59.7 Å². The molecular formula is C20H26N2. The quantitative estimate of drug-likeness (QED) is 0.776. The van der Waals surface area contributed by atoms with Gasteiger partial charge in [0.05, 0.1) is 0 Å². The molecule has 2 nitrogen and oxygen atoms in total. The Labute approximate surface area is 134 Å². The predicted octanol–water partition coefficient (Wildman–Crippen LogP) is 4.46. The number of benzene rings is 2. The van der Waals surface area contributed by atoms with Crippen LogP contribution in [-0.4, -0.2) is 31.1 Å². The zero-order valence-corrected chi connectivity index (χ0v) is 13.8. The van der Waals surface area contributed by atoms with E-state index in [1.807, 2.05) is 0 Å². The van der Waals surface area contributed by atoms with Gasteiger partial charge in [-0.05, 0) is 49.3 Å². The summed E-state index contributed by atoms with van der Waals surface area (Å²) in [5.41, 5.74) is 5.68. The number of anilines is 2. The Morgan fingerprint density at radius 1 is 0.864 bits per heavy atom. The Balaban J connectivity index is 1.80. The molecule has 0 aromatic heterocycles. The highest BCUT2D eigenvalue weighted by molar-refractivity contribution is 5.74. The summed E-state index contributed by atoms with van der Waals surface area (Å²) < 4.78 is 0. The first-order valence-corrected chi connectivity index (χ1v) is 8.49. The van der Waals surface area contributed by atoms with Gasteiger partial charge in [-0.2, -0.15) is 0 Å². The summed E-state index contributed by atoms with van der Waals surface area (Å²) in [5, 5.41) is 0. The molecule has 0 saturated heterocycles. The summed E-state index contributed by atoms with van der Waals surface area (Å²) in [6, 6.07) is 17.7. The second-order valence-electron chi connectivity index (χ2n) is 5.97. The van der Waals surface area contributed by atoms with Crippen molar-refractivity contribution in [2.24, 2.45) is 0 Å². The molecule has 0 saturated carbocycles. The van der Waals surface area contributed by atoms with E-state index in [0.29, 0.717) is 0 Å². The molecule has 0 fully saturated rings. The van der Waals surface area contributed by atoms with Crippen molar-refractivity contribution >= 4 is 11.4 Å². The van der Waals surface area contributed by atoms with Crippen molar-refractivity contribution < 1.29 is 0 Å². The normalized spacial score (nSPS) is 13.1. The zero-order valence-electron chi connectivity index (χ0n) is 13.8. The predicted molar refractivity (Wildman–Crippen MR) is 95.1 cm³/mol. The summed E-state index contributed by atoms with van der Waals surface area (Å²) in [6.07, 6.45) is 2.25. The molecule has 0 aliphatic carbocycles. The monoisotopic (exact) mass is 294 g/mol. The number of hydrogen-bond donors (Lipinski definition) is 0. The first-order chi connectivity index (χ1) is 10.8. The Bertz CT molecular complexity index is 571. The van der Waals surface area contributed by atoms with Gasteiger partial charge in [-0.3, -0.25) is 0 Å². The fourth-order valence-electron chi connectivity index (χ4n) is 3.42. The highest BCUT2D eigenvalue weighted by Crippen LogP contribution is 2.38. The van der Waals surface area contributed by atoms with Crippen LogP contribution in [-0.2, 0) is 6.42 Å². The molecule has 1 aliphatic rings. The number of para-hydroxylation sites is 2. The van der Waals surface area contributed by atoms with Gasteiger partial charge in [0.15, 0.2) is 0 Å². The molecule has 0 spiro atoms. The minimum Gasteiger partial charge on any atom is -0.341 e. The summed E-state index contributed by atoms with van der Waals surface area (Å²) in [7, 11) is 0. The lowest BCUT2D eigenvalue weighted by Crippen LogP contribution is -2.29. The largest absolute Gasteiger partial charge is 0.341 e. The molecule has 2 heteroatoms. The molecule has 0 unspecified atom stereocenters. The van der Waals surface area contributed by atoms with Crippen LogP contribution in [0.1, 0.15) is 31.4 Å². The maximum Gasteiger partial charge on any atom is 0.0446 e. The minimum absolute atomic E-state index is 1.05. The number of fused-ring (bicyclic) bond motifs is 2. The van der Waals surface area contributed by atoms with Crippen molar-refractivity contribution in [1.82, 2.24) is 4.90 Å². The SMILES string of the molecule is CCN(CC)CCCN1c2ccccc2Cc2ccccc21. The van der Waals surface area contributed by atoms with Crippen molar-refractivity contribution in [2.75, 3.05) is 31.1 Å². The molecular weight excluding hydrogens is 268 g/mol. The molecule has 1 aliphatic heterocycles. The van der Waals surface area contributed by atoms with E-state index in [0.717, 1.165) is 26.1 Å². The summed E-state index contributed by atoms with van der Waals surface area (Å²) in [5.74, 6) is 0. The fraction of sp³-hybridized carbons (Fsp3) is 0.400. The molecule has 116 valence electrons. The molecule has 2 aromatic rings. The smallest absolute Gasteiger partial charge is 0.0446 e. The maximum absolute atomic E-state index is 2.51. The van der Waals surface area contributed by atoms with E-state index in [-0.39, 0.29) is 0 Å². The summed E-state index contributed by atoms with van der Waals surface area (Å²) >= 11 is 0. The first-order valence-electron chi connectivity index (χ1n) is 8.49. The van der Waals surface area contributed by atoms with Crippen LogP contribution >= 0.6 is 0 Å². The number of nitrogens with zero attached hydrogens (tertiary/aromatic N) is 2. The van der Waals surface area contributed by atoms with E-state index in [1.165, 1.54) is 35.5 Å². The molecule has 0 N–H and O–H groups in total. The number of hydrogen-bond acceptors (Lipinski definition) is 2. The summed E-state index contributed by atoms with van der Waals surface area (Å²) in [6.45, 7) is 9.04. The van der Waals surface area contributed by atoms with Crippen molar-refractivity contribution in [1.29, 1.82) is 0 Å². The molecule has 0 atom stereocenters. The van der Waals surface area contributed by atoms with Gasteiger partial charge in [0.25, 0.3) is 0 Å². The number of rotatable bonds is 6. The van der Waals surface area contributed by atoms with Crippen molar-refractivity contribution in [2.45, 2.75) is 26.7 Å². The van der Waals surface area contributed by atoms with E-state index < -0.39 is 0 Å². The lowest BCUT2D eigenvalue weighted by Gasteiger charge is -2.34. The second-order valence-corrected chi connectivity index (χ2v) is 5.97. The Morgan fingerprint density at radius 3 is 1.95 bits per heavy atom. The average molecular weight is 294 g/mol. The molecule has 1 heterocycles. The van der Waals surface area contributed by atoms with Crippen LogP contribution in [0.4, 0.5) is 11.4 Å². The second kappa shape index (κ2) is 6.97. The summed E-state index contributed by atoms with van der Waals surface area (Å²) in [4.78, 5) is 5.01. The van der Waals surface area contributed by atoms with Crippen molar-refractivity contribution in [3.63, 3.8) is 0 Å². The highest BCUT2D eigenvalue weighted by atomic mass is 15.2. The van der Waals surface area contributed by atoms with Gasteiger partial charge in [0, 0.05) is 24.3 Å². The fourth-order valence-corrected chi connectivity index (χ4v) is 3.42. The average Bonchev–Trinajstić information content (AvgIpc) is 2.58.